The molecule has 4 nitrogen and oxygen atoms in total. The Morgan fingerprint density at radius 3 is 2.67 bits per heavy atom. The molecule has 1 saturated heterocycles. The van der Waals surface area contributed by atoms with E-state index in [1.54, 1.807) is 0 Å². The van der Waals surface area contributed by atoms with Gasteiger partial charge in [-0.3, -0.25) is 4.79 Å². The number of unbranched alkanes of at least 4 members (excludes halogenated alkanes) is 1. The minimum absolute atomic E-state index is 0.0705. The Labute approximate surface area is 111 Å². The maximum atomic E-state index is 11.5. The molecule has 1 atom stereocenters. The van der Waals surface area contributed by atoms with E-state index in [1.807, 2.05) is 6.92 Å². The minimum Gasteiger partial charge on any atom is -0.391 e. The summed E-state index contributed by atoms with van der Waals surface area (Å²) in [4.78, 5) is 14.0. The second-order valence-electron chi connectivity index (χ2n) is 5.23. The lowest BCUT2D eigenvalue weighted by Crippen LogP contribution is -2.32. The highest BCUT2D eigenvalue weighted by Crippen LogP contribution is 2.09. The first kappa shape index (κ1) is 15.4. The van der Waals surface area contributed by atoms with Gasteiger partial charge in [-0.15, -0.1) is 0 Å². The molecule has 1 aliphatic heterocycles. The van der Waals surface area contributed by atoms with E-state index in [4.69, 9.17) is 0 Å². The van der Waals surface area contributed by atoms with E-state index in [-0.39, 0.29) is 5.91 Å². The van der Waals surface area contributed by atoms with Crippen LogP contribution in [0.3, 0.4) is 0 Å². The highest BCUT2D eigenvalue weighted by Gasteiger charge is 2.09. The Balaban J connectivity index is 1.94. The predicted octanol–water partition coefficient (Wildman–Crippen LogP) is 1.53. The van der Waals surface area contributed by atoms with Crippen LogP contribution in [-0.4, -0.2) is 48.2 Å². The van der Waals surface area contributed by atoms with E-state index in [2.05, 4.69) is 10.2 Å². The van der Waals surface area contributed by atoms with Crippen LogP contribution in [0.5, 0.6) is 0 Å². The van der Waals surface area contributed by atoms with Crippen molar-refractivity contribution in [3.63, 3.8) is 0 Å². The van der Waals surface area contributed by atoms with Crippen LogP contribution in [0.4, 0.5) is 0 Å². The molecule has 0 aliphatic carbocycles. The molecule has 0 aromatic heterocycles. The van der Waals surface area contributed by atoms with E-state index in [0.717, 1.165) is 19.4 Å². The largest absolute Gasteiger partial charge is 0.391 e. The summed E-state index contributed by atoms with van der Waals surface area (Å²) in [7, 11) is 0. The number of amides is 1. The highest BCUT2D eigenvalue weighted by molar-refractivity contribution is 5.75. The molecule has 0 saturated carbocycles. The van der Waals surface area contributed by atoms with Gasteiger partial charge < -0.3 is 15.3 Å². The molecule has 0 radical (unpaired) electrons. The Bertz CT molecular complexity index is 228. The van der Waals surface area contributed by atoms with Crippen LogP contribution in [0.25, 0.3) is 0 Å². The first-order chi connectivity index (χ1) is 8.72. The van der Waals surface area contributed by atoms with Gasteiger partial charge in [0.1, 0.15) is 0 Å². The summed E-state index contributed by atoms with van der Waals surface area (Å²) < 4.78 is 0. The summed E-state index contributed by atoms with van der Waals surface area (Å²) in [5, 5.41) is 12.1. The molecule has 4 heteroatoms. The van der Waals surface area contributed by atoms with Crippen molar-refractivity contribution < 1.29 is 9.90 Å². The maximum Gasteiger partial charge on any atom is 0.220 e. The first-order valence-corrected chi connectivity index (χ1v) is 7.39. The third-order valence-corrected chi connectivity index (χ3v) is 3.58. The van der Waals surface area contributed by atoms with E-state index in [1.165, 1.54) is 32.4 Å². The van der Waals surface area contributed by atoms with Crippen LogP contribution < -0.4 is 5.32 Å². The van der Waals surface area contributed by atoms with Crippen molar-refractivity contribution in [2.24, 2.45) is 0 Å². The van der Waals surface area contributed by atoms with E-state index < -0.39 is 6.10 Å². The number of likely N-dealkylation sites (tertiary alicyclic amines) is 1. The summed E-state index contributed by atoms with van der Waals surface area (Å²) in [6.07, 6.45) is 6.96. The SMILES string of the molecule is CCC(O)CNC(=O)CCCCN1CCCCC1. The van der Waals surface area contributed by atoms with Gasteiger partial charge >= 0.3 is 0 Å². The van der Waals surface area contributed by atoms with Crippen molar-refractivity contribution in [1.82, 2.24) is 10.2 Å². The Hall–Kier alpha value is -0.610. The Morgan fingerprint density at radius 2 is 2.00 bits per heavy atom. The number of nitrogens with one attached hydrogen (secondary N) is 1. The molecule has 1 fully saturated rings. The van der Waals surface area contributed by atoms with Gasteiger partial charge in [0.05, 0.1) is 6.10 Å². The number of hydrogen-bond donors (Lipinski definition) is 2. The average Bonchev–Trinajstić information content (AvgIpc) is 2.42. The van der Waals surface area contributed by atoms with E-state index >= 15 is 0 Å². The Morgan fingerprint density at radius 1 is 1.28 bits per heavy atom. The molecular weight excluding hydrogens is 228 g/mol. The molecular formula is C14H28N2O2. The van der Waals surface area contributed by atoms with Crippen molar-refractivity contribution in [3.8, 4) is 0 Å². The molecule has 2 N–H and O–H groups in total. The van der Waals surface area contributed by atoms with Crippen molar-refractivity contribution in [3.05, 3.63) is 0 Å². The Kier molecular flexibility index (Phi) is 8.01. The molecule has 1 unspecified atom stereocenters. The fourth-order valence-corrected chi connectivity index (χ4v) is 2.27. The molecule has 18 heavy (non-hydrogen) atoms. The average molecular weight is 256 g/mol. The number of hydrogen-bond acceptors (Lipinski definition) is 3. The smallest absolute Gasteiger partial charge is 0.220 e. The second kappa shape index (κ2) is 9.34. The fourth-order valence-electron chi connectivity index (χ4n) is 2.27. The zero-order valence-corrected chi connectivity index (χ0v) is 11.7. The van der Waals surface area contributed by atoms with Crippen molar-refractivity contribution in [1.29, 1.82) is 0 Å². The van der Waals surface area contributed by atoms with Crippen LogP contribution in [0, 0.1) is 0 Å². The normalized spacial score (nSPS) is 18.6. The van der Waals surface area contributed by atoms with E-state index in [9.17, 15) is 9.90 Å². The molecule has 0 bridgehead atoms. The quantitative estimate of drug-likeness (QED) is 0.648. The van der Waals surface area contributed by atoms with Gasteiger partial charge in [0, 0.05) is 13.0 Å². The topological polar surface area (TPSA) is 52.6 Å². The van der Waals surface area contributed by atoms with Gasteiger partial charge in [0.2, 0.25) is 5.91 Å². The molecule has 1 amide bonds. The number of piperidine rings is 1. The van der Waals surface area contributed by atoms with Crippen LogP contribution in [-0.2, 0) is 4.79 Å². The second-order valence-corrected chi connectivity index (χ2v) is 5.23. The van der Waals surface area contributed by atoms with Gasteiger partial charge in [-0.25, -0.2) is 0 Å². The van der Waals surface area contributed by atoms with Crippen molar-refractivity contribution in [2.75, 3.05) is 26.2 Å². The van der Waals surface area contributed by atoms with Crippen molar-refractivity contribution in [2.45, 2.75) is 58.0 Å². The molecule has 1 heterocycles. The number of aliphatic hydroxyl groups is 1. The van der Waals surface area contributed by atoms with Gasteiger partial charge in [-0.1, -0.05) is 13.3 Å². The molecule has 0 aromatic carbocycles. The lowest BCUT2D eigenvalue weighted by molar-refractivity contribution is -0.121. The zero-order chi connectivity index (χ0) is 13.2. The summed E-state index contributed by atoms with van der Waals surface area (Å²) in [5.74, 6) is 0.0705. The lowest BCUT2D eigenvalue weighted by atomic mass is 10.1. The number of carbonyl (C=O) groups is 1. The lowest BCUT2D eigenvalue weighted by Gasteiger charge is -2.26. The van der Waals surface area contributed by atoms with Gasteiger partial charge in [0.25, 0.3) is 0 Å². The third kappa shape index (κ3) is 6.97. The van der Waals surface area contributed by atoms with Crippen LogP contribution >= 0.6 is 0 Å². The number of carbonyl (C=O) groups excluding carboxylic acids is 1. The van der Waals surface area contributed by atoms with Gasteiger partial charge in [0.15, 0.2) is 0 Å². The number of nitrogens with zero attached hydrogens (tertiary/aromatic N) is 1. The number of rotatable bonds is 8. The standard InChI is InChI=1S/C14H28N2O2/c1-2-13(17)12-15-14(18)8-4-7-11-16-9-5-3-6-10-16/h13,17H,2-12H2,1H3,(H,15,18). The summed E-state index contributed by atoms with van der Waals surface area (Å²) in [6, 6.07) is 0. The third-order valence-electron chi connectivity index (χ3n) is 3.58. The maximum absolute atomic E-state index is 11.5. The monoisotopic (exact) mass is 256 g/mol. The zero-order valence-electron chi connectivity index (χ0n) is 11.7. The highest BCUT2D eigenvalue weighted by atomic mass is 16.3. The molecule has 1 rings (SSSR count). The van der Waals surface area contributed by atoms with E-state index in [0.29, 0.717) is 19.4 Å². The molecule has 0 spiro atoms. The minimum atomic E-state index is -0.401. The van der Waals surface area contributed by atoms with Crippen LogP contribution in [0.2, 0.25) is 0 Å². The van der Waals surface area contributed by atoms with Gasteiger partial charge in [-0.05, 0) is 51.7 Å². The molecule has 1 aliphatic rings. The number of aliphatic hydroxyl groups excluding tert-OH is 1. The molecule has 106 valence electrons. The summed E-state index contributed by atoms with van der Waals surface area (Å²) in [5.41, 5.74) is 0. The van der Waals surface area contributed by atoms with Crippen LogP contribution in [0.15, 0.2) is 0 Å². The molecule has 0 aromatic rings. The van der Waals surface area contributed by atoms with Crippen molar-refractivity contribution >= 4 is 5.91 Å². The summed E-state index contributed by atoms with van der Waals surface area (Å²) in [6.45, 7) is 5.89. The van der Waals surface area contributed by atoms with Crippen LogP contribution in [0.1, 0.15) is 51.9 Å². The predicted molar refractivity (Wildman–Crippen MR) is 73.4 cm³/mol. The summed E-state index contributed by atoms with van der Waals surface area (Å²) >= 11 is 0. The van der Waals surface area contributed by atoms with Gasteiger partial charge in [-0.2, -0.15) is 0 Å². The fraction of sp³-hybridized carbons (Fsp3) is 0.929. The first-order valence-electron chi connectivity index (χ1n) is 7.39.